The average molecular weight is 872 g/mol. The van der Waals surface area contributed by atoms with E-state index in [1.807, 2.05) is 140 Å². The second kappa shape index (κ2) is 16.6. The number of aromatic nitrogens is 3. The number of hydrogen-bond acceptors (Lipinski definition) is 9. The van der Waals surface area contributed by atoms with E-state index in [4.69, 9.17) is 9.97 Å². The first-order chi connectivity index (χ1) is 33.7. The van der Waals surface area contributed by atoms with Gasteiger partial charge in [0, 0.05) is 40.5 Å². The highest BCUT2D eigenvalue weighted by Gasteiger charge is 2.35. The fraction of sp³-hybridized carbons (Fsp3) is 0. The van der Waals surface area contributed by atoms with Crippen molar-refractivity contribution in [3.63, 3.8) is 0 Å². The maximum Gasteiger partial charge on any atom is 0.161 e. The van der Waals surface area contributed by atoms with Crippen LogP contribution in [0.25, 0.3) is 33.9 Å². The van der Waals surface area contributed by atoms with Crippen molar-refractivity contribution >= 4 is 68.2 Å². The van der Waals surface area contributed by atoms with Gasteiger partial charge in [0.25, 0.3) is 0 Å². The predicted molar refractivity (Wildman–Crippen MR) is 271 cm³/mol. The molecule has 9 heteroatoms. The summed E-state index contributed by atoms with van der Waals surface area (Å²) in [5.41, 5.74) is 15.1. The van der Waals surface area contributed by atoms with Crippen molar-refractivity contribution in [1.29, 1.82) is 10.5 Å². The van der Waals surface area contributed by atoms with Crippen molar-refractivity contribution in [2.75, 3.05) is 19.6 Å². The zero-order valence-corrected chi connectivity index (χ0v) is 36.4. The molecule has 0 spiro atoms. The molecule has 0 amide bonds. The Labute approximate surface area is 393 Å². The molecule has 0 bridgehead atoms. The van der Waals surface area contributed by atoms with E-state index in [2.05, 4.69) is 110 Å². The van der Waals surface area contributed by atoms with Crippen molar-refractivity contribution in [1.82, 2.24) is 15.0 Å². The quantitative estimate of drug-likeness (QED) is 0.155. The van der Waals surface area contributed by atoms with Crippen molar-refractivity contribution in [3.8, 4) is 46.0 Å². The lowest BCUT2D eigenvalue weighted by Crippen LogP contribution is -2.25. The van der Waals surface area contributed by atoms with Crippen LogP contribution in [0.2, 0.25) is 0 Å². The lowest BCUT2D eigenvalue weighted by atomic mass is 9.96. The fourth-order valence-electron chi connectivity index (χ4n) is 9.59. The van der Waals surface area contributed by atoms with Crippen LogP contribution in [0.3, 0.4) is 0 Å². The van der Waals surface area contributed by atoms with Crippen molar-refractivity contribution < 1.29 is 0 Å². The maximum absolute atomic E-state index is 11.0. The fourth-order valence-corrected chi connectivity index (χ4v) is 9.59. The van der Waals surface area contributed by atoms with Crippen LogP contribution >= 0.6 is 0 Å². The number of nitriles is 2. The molecule has 0 saturated carbocycles. The molecule has 68 heavy (non-hydrogen) atoms. The van der Waals surface area contributed by atoms with Gasteiger partial charge in [0.05, 0.1) is 79.4 Å². The number of hydrogen-bond donors (Lipinski definition) is 0. The topological polar surface area (TPSA) is 99.2 Å². The van der Waals surface area contributed by atoms with Gasteiger partial charge in [-0.15, -0.1) is 0 Å². The number of fused-ring (bicyclic) bond motifs is 4. The molecule has 4 heterocycles. The van der Waals surface area contributed by atoms with E-state index < -0.39 is 0 Å². The van der Waals surface area contributed by atoms with Gasteiger partial charge in [-0.3, -0.25) is 4.98 Å². The van der Waals surface area contributed by atoms with Crippen LogP contribution in [0.1, 0.15) is 11.1 Å². The summed E-state index contributed by atoms with van der Waals surface area (Å²) in [6, 6.07) is 76.2. The Hall–Kier alpha value is -9.83. The Morgan fingerprint density at radius 1 is 0.353 bits per heavy atom. The second-order valence-corrected chi connectivity index (χ2v) is 16.3. The van der Waals surface area contributed by atoms with Gasteiger partial charge in [0.15, 0.2) is 5.82 Å². The van der Waals surface area contributed by atoms with Crippen molar-refractivity contribution in [2.24, 2.45) is 0 Å². The third kappa shape index (κ3) is 6.50. The van der Waals surface area contributed by atoms with E-state index in [0.29, 0.717) is 45.3 Å². The molecule has 0 aliphatic carbocycles. The van der Waals surface area contributed by atoms with Crippen LogP contribution in [0.5, 0.6) is 0 Å². The van der Waals surface area contributed by atoms with E-state index in [0.717, 1.165) is 68.0 Å². The minimum atomic E-state index is 0.441. The summed E-state index contributed by atoms with van der Waals surface area (Å²) in [6.45, 7) is 0. The lowest BCUT2D eigenvalue weighted by molar-refractivity contribution is 1.14. The first kappa shape index (κ1) is 39.7. The SMILES string of the molecule is N#Cc1cccc(-c2cc(-c3cccc(C#N)c3N3c4ccccc4N(c4ccccc4)c4ccccc43)nc(-c3cccnc3)n2)c1N1c2ccccc2N(c2ccccc2)c2ccccc21. The summed E-state index contributed by atoms with van der Waals surface area (Å²) >= 11 is 0. The van der Waals surface area contributed by atoms with Crippen LogP contribution in [0, 0.1) is 22.7 Å². The molecule has 2 aliphatic heterocycles. The monoisotopic (exact) mass is 871 g/mol. The standard InChI is InChI=1S/C59H37N9/c60-37-40-18-15-25-45(57(40)67-53-31-11-7-27-49(53)65(43-21-3-1-4-22-43)50-28-8-12-32-54(50)67)47-36-48(64-59(63-47)42-20-17-35-62-39-42)46-26-16-19-41(38-61)58(46)68-55-33-13-9-29-51(55)66(44-23-5-2-6-24-44)52-30-10-14-34-56(52)68/h1-36,39H. The van der Waals surface area contributed by atoms with Gasteiger partial charge in [-0.2, -0.15) is 10.5 Å². The first-order valence-electron chi connectivity index (χ1n) is 22.2. The number of nitrogens with zero attached hydrogens (tertiary/aromatic N) is 9. The van der Waals surface area contributed by atoms with Gasteiger partial charge in [-0.25, -0.2) is 9.97 Å². The summed E-state index contributed by atoms with van der Waals surface area (Å²) in [7, 11) is 0. The summed E-state index contributed by atoms with van der Waals surface area (Å²) in [6.07, 6.45) is 3.48. The third-order valence-corrected chi connectivity index (χ3v) is 12.4. The molecule has 0 N–H and O–H groups in total. The summed E-state index contributed by atoms with van der Waals surface area (Å²) in [4.78, 5) is 24.0. The number of pyridine rings is 1. The highest BCUT2D eigenvalue weighted by molar-refractivity contribution is 6.07. The minimum absolute atomic E-state index is 0.441. The highest BCUT2D eigenvalue weighted by Crippen LogP contribution is 2.58. The van der Waals surface area contributed by atoms with Crippen LogP contribution < -0.4 is 19.6 Å². The van der Waals surface area contributed by atoms with Gasteiger partial charge < -0.3 is 19.6 Å². The molecule has 10 aromatic rings. The molecule has 0 atom stereocenters. The van der Waals surface area contributed by atoms with Gasteiger partial charge in [0.2, 0.25) is 0 Å². The Morgan fingerprint density at radius 3 is 1.07 bits per heavy atom. The molecule has 2 aromatic heterocycles. The molecular weight excluding hydrogens is 835 g/mol. The number of rotatable bonds is 7. The van der Waals surface area contributed by atoms with E-state index in [9.17, 15) is 10.5 Å². The lowest BCUT2D eigenvalue weighted by Gasteiger charge is -2.41. The molecule has 2 aliphatic rings. The van der Waals surface area contributed by atoms with Crippen LogP contribution in [0.15, 0.2) is 225 Å². The molecule has 12 rings (SSSR count). The molecular formula is C59H37N9. The van der Waals surface area contributed by atoms with E-state index in [-0.39, 0.29) is 0 Å². The Bertz CT molecular complexity index is 3330. The Balaban J connectivity index is 1.10. The third-order valence-electron chi connectivity index (χ3n) is 12.4. The van der Waals surface area contributed by atoms with Crippen LogP contribution in [-0.2, 0) is 0 Å². The number of anilines is 12. The minimum Gasteiger partial charge on any atom is -0.306 e. The summed E-state index contributed by atoms with van der Waals surface area (Å²) < 4.78 is 0. The number of para-hydroxylation sites is 12. The molecule has 0 radical (unpaired) electrons. The molecule has 318 valence electrons. The van der Waals surface area contributed by atoms with Crippen LogP contribution in [-0.4, -0.2) is 15.0 Å². The second-order valence-electron chi connectivity index (χ2n) is 16.3. The van der Waals surface area contributed by atoms with Crippen molar-refractivity contribution in [3.05, 3.63) is 236 Å². The largest absolute Gasteiger partial charge is 0.306 e. The summed E-state index contributed by atoms with van der Waals surface area (Å²) in [5, 5.41) is 22.1. The summed E-state index contributed by atoms with van der Waals surface area (Å²) in [5.74, 6) is 0.441. The highest BCUT2D eigenvalue weighted by atomic mass is 15.3. The van der Waals surface area contributed by atoms with Gasteiger partial charge in [0.1, 0.15) is 12.1 Å². The van der Waals surface area contributed by atoms with Crippen molar-refractivity contribution in [2.45, 2.75) is 0 Å². The molecule has 0 saturated heterocycles. The van der Waals surface area contributed by atoms with E-state index >= 15 is 0 Å². The zero-order valence-electron chi connectivity index (χ0n) is 36.4. The maximum atomic E-state index is 11.0. The molecule has 0 unspecified atom stereocenters. The molecule has 0 fully saturated rings. The van der Waals surface area contributed by atoms with Gasteiger partial charge in [-0.1, -0.05) is 109 Å². The van der Waals surface area contributed by atoms with Gasteiger partial charge >= 0.3 is 0 Å². The first-order valence-corrected chi connectivity index (χ1v) is 22.2. The number of benzene rings is 8. The normalized spacial score (nSPS) is 12.3. The molecule has 9 nitrogen and oxygen atoms in total. The Morgan fingerprint density at radius 2 is 0.721 bits per heavy atom. The molecule has 8 aromatic carbocycles. The Kier molecular flexibility index (Phi) is 9.71. The smallest absolute Gasteiger partial charge is 0.161 e. The predicted octanol–water partition coefficient (Wildman–Crippen LogP) is 15.1. The van der Waals surface area contributed by atoms with E-state index in [1.165, 1.54) is 0 Å². The average Bonchev–Trinajstić information content (AvgIpc) is 3.41. The van der Waals surface area contributed by atoms with Crippen LogP contribution in [0.4, 0.5) is 68.2 Å². The van der Waals surface area contributed by atoms with Gasteiger partial charge in [-0.05, 0) is 103 Å². The zero-order chi connectivity index (χ0) is 45.6. The van der Waals surface area contributed by atoms with E-state index in [1.54, 1.807) is 12.4 Å².